The molecule has 0 aliphatic rings. The van der Waals surface area contributed by atoms with Crippen LogP contribution in [0.5, 0.6) is 0 Å². The van der Waals surface area contributed by atoms with E-state index in [0.717, 1.165) is 0 Å². The highest BCUT2D eigenvalue weighted by Gasteiger charge is 2.08. The van der Waals surface area contributed by atoms with Crippen LogP contribution in [0.1, 0.15) is 9.80 Å². The van der Waals surface area contributed by atoms with Gasteiger partial charge in [-0.05, 0) is 0 Å². The third kappa shape index (κ3) is 1.33. The zero-order valence-corrected chi connectivity index (χ0v) is 6.68. The van der Waals surface area contributed by atoms with E-state index in [0.29, 0.717) is 5.01 Å². The van der Waals surface area contributed by atoms with Crippen LogP contribution in [0.15, 0.2) is 11.6 Å². The van der Waals surface area contributed by atoms with Gasteiger partial charge in [0.25, 0.3) is 5.91 Å². The molecular formula is C6H8N2OS. The van der Waals surface area contributed by atoms with Gasteiger partial charge in [-0.3, -0.25) is 4.79 Å². The first-order valence-corrected chi connectivity index (χ1v) is 3.71. The fourth-order valence-electron chi connectivity index (χ4n) is 0.520. The van der Waals surface area contributed by atoms with Crippen molar-refractivity contribution in [1.29, 1.82) is 0 Å². The normalized spacial score (nSPS) is 9.40. The third-order valence-electron chi connectivity index (χ3n) is 1.02. The topological polar surface area (TPSA) is 33.2 Å². The molecule has 0 aromatic carbocycles. The van der Waals surface area contributed by atoms with Gasteiger partial charge in [-0.1, -0.05) is 0 Å². The highest BCUT2D eigenvalue weighted by atomic mass is 32.1. The van der Waals surface area contributed by atoms with Crippen molar-refractivity contribution in [3.63, 3.8) is 0 Å². The standard InChI is InChI=1S/C6H8N2OS/c1-8(2)6(9)5-7-3-4-10-5/h3-4H,1-2H3. The number of carbonyl (C=O) groups excluding carboxylic acids is 1. The summed E-state index contributed by atoms with van der Waals surface area (Å²) in [5.41, 5.74) is 0. The number of amides is 1. The number of carbonyl (C=O) groups is 1. The average molecular weight is 156 g/mol. The van der Waals surface area contributed by atoms with Gasteiger partial charge in [0.1, 0.15) is 0 Å². The molecule has 0 bridgehead atoms. The van der Waals surface area contributed by atoms with E-state index in [-0.39, 0.29) is 5.91 Å². The van der Waals surface area contributed by atoms with Crippen molar-refractivity contribution in [1.82, 2.24) is 9.88 Å². The predicted octanol–water partition coefficient (Wildman–Crippen LogP) is 0.845. The van der Waals surface area contributed by atoms with E-state index in [1.807, 2.05) is 0 Å². The number of hydrogen-bond acceptors (Lipinski definition) is 3. The molecule has 1 aromatic heterocycles. The van der Waals surface area contributed by atoms with E-state index in [4.69, 9.17) is 0 Å². The van der Waals surface area contributed by atoms with Crippen molar-refractivity contribution in [3.8, 4) is 0 Å². The molecule has 0 aliphatic carbocycles. The minimum Gasteiger partial charge on any atom is -0.343 e. The van der Waals surface area contributed by atoms with Gasteiger partial charge in [-0.2, -0.15) is 0 Å². The number of nitrogens with zero attached hydrogens (tertiary/aromatic N) is 2. The third-order valence-corrected chi connectivity index (χ3v) is 1.78. The van der Waals surface area contributed by atoms with Crippen LogP contribution in [0, 0.1) is 0 Å². The minimum atomic E-state index is -0.0324. The maximum absolute atomic E-state index is 11.1. The van der Waals surface area contributed by atoms with E-state index in [2.05, 4.69) is 4.98 Å². The van der Waals surface area contributed by atoms with Crippen LogP contribution in [0.4, 0.5) is 0 Å². The molecule has 0 saturated heterocycles. The first-order valence-electron chi connectivity index (χ1n) is 2.83. The Morgan fingerprint density at radius 3 is 2.80 bits per heavy atom. The average Bonchev–Trinajstić information content (AvgIpc) is 2.36. The zero-order valence-electron chi connectivity index (χ0n) is 5.87. The summed E-state index contributed by atoms with van der Waals surface area (Å²) >= 11 is 1.36. The van der Waals surface area contributed by atoms with E-state index in [9.17, 15) is 4.79 Å². The Morgan fingerprint density at radius 2 is 2.40 bits per heavy atom. The van der Waals surface area contributed by atoms with Crippen molar-refractivity contribution in [3.05, 3.63) is 16.6 Å². The summed E-state index contributed by atoms with van der Waals surface area (Å²) in [5, 5.41) is 2.33. The van der Waals surface area contributed by atoms with E-state index in [1.165, 1.54) is 16.2 Å². The van der Waals surface area contributed by atoms with E-state index >= 15 is 0 Å². The van der Waals surface area contributed by atoms with Gasteiger partial charge >= 0.3 is 0 Å². The van der Waals surface area contributed by atoms with Crippen LogP contribution < -0.4 is 0 Å². The molecule has 4 heteroatoms. The lowest BCUT2D eigenvalue weighted by atomic mass is 10.6. The van der Waals surface area contributed by atoms with Crippen molar-refractivity contribution in [2.24, 2.45) is 0 Å². The van der Waals surface area contributed by atoms with Gasteiger partial charge in [-0.15, -0.1) is 11.3 Å². The summed E-state index contributed by atoms with van der Waals surface area (Å²) in [5.74, 6) is -0.0324. The van der Waals surface area contributed by atoms with Gasteiger partial charge in [0.15, 0.2) is 5.01 Å². The molecule has 0 atom stereocenters. The van der Waals surface area contributed by atoms with Crippen molar-refractivity contribution < 1.29 is 4.79 Å². The first kappa shape index (κ1) is 7.21. The number of thiazole rings is 1. The van der Waals surface area contributed by atoms with Crippen LogP contribution in [-0.4, -0.2) is 29.9 Å². The molecule has 1 amide bonds. The molecule has 0 spiro atoms. The van der Waals surface area contributed by atoms with Crippen LogP contribution in [0.2, 0.25) is 0 Å². The number of rotatable bonds is 1. The second-order valence-electron chi connectivity index (χ2n) is 2.04. The fourth-order valence-corrected chi connectivity index (χ4v) is 1.18. The van der Waals surface area contributed by atoms with Crippen LogP contribution >= 0.6 is 11.3 Å². The molecule has 0 radical (unpaired) electrons. The summed E-state index contributed by atoms with van der Waals surface area (Å²) in [6.07, 6.45) is 1.63. The predicted molar refractivity (Wildman–Crippen MR) is 40.1 cm³/mol. The SMILES string of the molecule is CN(C)C(=O)c1nccs1. The summed E-state index contributed by atoms with van der Waals surface area (Å²) in [7, 11) is 3.42. The first-order chi connectivity index (χ1) is 4.72. The van der Waals surface area contributed by atoms with E-state index in [1.54, 1.807) is 25.7 Å². The Hall–Kier alpha value is -0.900. The molecule has 3 nitrogen and oxygen atoms in total. The molecule has 0 unspecified atom stereocenters. The highest BCUT2D eigenvalue weighted by molar-refractivity contribution is 7.11. The van der Waals surface area contributed by atoms with Crippen molar-refractivity contribution >= 4 is 17.2 Å². The zero-order chi connectivity index (χ0) is 7.56. The lowest BCUT2D eigenvalue weighted by molar-refractivity contribution is 0.0827. The highest BCUT2D eigenvalue weighted by Crippen LogP contribution is 2.05. The number of aromatic nitrogens is 1. The lowest BCUT2D eigenvalue weighted by Gasteiger charge is -2.05. The van der Waals surface area contributed by atoms with Gasteiger partial charge in [0, 0.05) is 25.7 Å². The Kier molecular flexibility index (Phi) is 2.01. The van der Waals surface area contributed by atoms with Crippen molar-refractivity contribution in [2.45, 2.75) is 0 Å². The second kappa shape index (κ2) is 2.79. The molecule has 1 aromatic rings. The molecule has 0 N–H and O–H groups in total. The summed E-state index contributed by atoms with van der Waals surface area (Å²) < 4.78 is 0. The van der Waals surface area contributed by atoms with Gasteiger partial charge in [0.05, 0.1) is 0 Å². The molecule has 1 rings (SSSR count). The van der Waals surface area contributed by atoms with Crippen LogP contribution in [-0.2, 0) is 0 Å². The molecule has 10 heavy (non-hydrogen) atoms. The van der Waals surface area contributed by atoms with Gasteiger partial charge in [-0.25, -0.2) is 4.98 Å². The monoisotopic (exact) mass is 156 g/mol. The van der Waals surface area contributed by atoms with Gasteiger partial charge < -0.3 is 4.90 Å². The Labute approximate surface area is 63.3 Å². The lowest BCUT2D eigenvalue weighted by Crippen LogP contribution is -2.21. The summed E-state index contributed by atoms with van der Waals surface area (Å²) in [6, 6.07) is 0. The molecule has 0 aliphatic heterocycles. The number of hydrogen-bond donors (Lipinski definition) is 0. The minimum absolute atomic E-state index is 0.0324. The fraction of sp³-hybridized carbons (Fsp3) is 0.333. The Bertz CT molecular complexity index is 218. The van der Waals surface area contributed by atoms with Crippen LogP contribution in [0.25, 0.3) is 0 Å². The van der Waals surface area contributed by atoms with Gasteiger partial charge in [0.2, 0.25) is 0 Å². The molecular weight excluding hydrogens is 148 g/mol. The summed E-state index contributed by atoms with van der Waals surface area (Å²) in [6.45, 7) is 0. The maximum Gasteiger partial charge on any atom is 0.282 e. The second-order valence-corrected chi connectivity index (χ2v) is 2.93. The molecule has 54 valence electrons. The van der Waals surface area contributed by atoms with E-state index < -0.39 is 0 Å². The Morgan fingerprint density at radius 1 is 1.70 bits per heavy atom. The van der Waals surface area contributed by atoms with Crippen molar-refractivity contribution in [2.75, 3.05) is 14.1 Å². The smallest absolute Gasteiger partial charge is 0.282 e. The maximum atomic E-state index is 11.1. The summed E-state index contributed by atoms with van der Waals surface area (Å²) in [4.78, 5) is 16.5. The van der Waals surface area contributed by atoms with Crippen LogP contribution in [0.3, 0.4) is 0 Å². The molecule has 1 heterocycles. The quantitative estimate of drug-likeness (QED) is 0.603. The Balaban J connectivity index is 2.78. The molecule has 0 fully saturated rings. The largest absolute Gasteiger partial charge is 0.343 e. The molecule has 0 saturated carbocycles.